The van der Waals surface area contributed by atoms with E-state index in [0.29, 0.717) is 18.8 Å². The van der Waals surface area contributed by atoms with E-state index in [1.165, 1.54) is 5.69 Å². The minimum absolute atomic E-state index is 0.324. The third-order valence-corrected chi connectivity index (χ3v) is 2.85. The summed E-state index contributed by atoms with van der Waals surface area (Å²) in [6, 6.07) is 2.49. The Morgan fingerprint density at radius 3 is 2.67 bits per heavy atom. The highest BCUT2D eigenvalue weighted by Gasteiger charge is 2.09. The number of ether oxygens (including phenoxy) is 1. The Kier molecular flexibility index (Phi) is 4.82. The molecule has 0 aromatic carbocycles. The Balaban J connectivity index is 2.57. The lowest BCUT2D eigenvalue weighted by molar-refractivity contribution is 0.0459. The molecule has 0 saturated heterocycles. The molecule has 3 nitrogen and oxygen atoms in total. The van der Waals surface area contributed by atoms with Crippen molar-refractivity contribution in [3.8, 4) is 0 Å². The Hall–Kier alpha value is -0.830. The monoisotopic (exact) mass is 210 g/mol. The van der Waals surface area contributed by atoms with E-state index in [1.807, 2.05) is 12.3 Å². The van der Waals surface area contributed by atoms with Gasteiger partial charge in [0.1, 0.15) is 0 Å². The van der Waals surface area contributed by atoms with Gasteiger partial charge in [-0.05, 0) is 32.8 Å². The lowest BCUT2D eigenvalue weighted by Crippen LogP contribution is -2.13. The van der Waals surface area contributed by atoms with E-state index in [9.17, 15) is 0 Å². The van der Waals surface area contributed by atoms with E-state index in [1.54, 1.807) is 0 Å². The Bertz CT molecular complexity index is 283. The normalized spacial score (nSPS) is 15.2. The number of hydrogen-bond donors (Lipinski definition) is 0. The Morgan fingerprint density at radius 2 is 2.07 bits per heavy atom. The van der Waals surface area contributed by atoms with Crippen LogP contribution < -0.4 is 0 Å². The summed E-state index contributed by atoms with van der Waals surface area (Å²) < 4.78 is 7.77. The molecule has 0 radical (unpaired) electrons. The summed E-state index contributed by atoms with van der Waals surface area (Å²) in [6.45, 7) is 9.26. The van der Waals surface area contributed by atoms with Crippen LogP contribution in [-0.4, -0.2) is 15.9 Å². The van der Waals surface area contributed by atoms with Gasteiger partial charge in [-0.3, -0.25) is 4.68 Å². The SMILES string of the molecule is CC[C@@H](C)n1nccc1CO[C@@H](C)CC. The van der Waals surface area contributed by atoms with Crippen LogP contribution >= 0.6 is 0 Å². The summed E-state index contributed by atoms with van der Waals surface area (Å²) in [7, 11) is 0. The van der Waals surface area contributed by atoms with Crippen molar-refractivity contribution in [2.24, 2.45) is 0 Å². The zero-order valence-electron chi connectivity index (χ0n) is 10.2. The first-order valence-corrected chi connectivity index (χ1v) is 5.83. The molecule has 0 unspecified atom stereocenters. The first-order valence-electron chi connectivity index (χ1n) is 5.83. The minimum atomic E-state index is 0.324. The third kappa shape index (κ3) is 3.34. The van der Waals surface area contributed by atoms with Crippen LogP contribution in [0.5, 0.6) is 0 Å². The van der Waals surface area contributed by atoms with Gasteiger partial charge in [-0.1, -0.05) is 13.8 Å². The fraction of sp³-hybridized carbons (Fsp3) is 0.750. The van der Waals surface area contributed by atoms with E-state index in [0.717, 1.165) is 12.8 Å². The highest BCUT2D eigenvalue weighted by Crippen LogP contribution is 2.13. The lowest BCUT2D eigenvalue weighted by atomic mass is 10.2. The van der Waals surface area contributed by atoms with Crippen LogP contribution in [-0.2, 0) is 11.3 Å². The van der Waals surface area contributed by atoms with Crippen molar-refractivity contribution in [2.75, 3.05) is 0 Å². The van der Waals surface area contributed by atoms with Crippen molar-refractivity contribution >= 4 is 0 Å². The molecule has 0 fully saturated rings. The van der Waals surface area contributed by atoms with Gasteiger partial charge in [-0.15, -0.1) is 0 Å². The summed E-state index contributed by atoms with van der Waals surface area (Å²) in [5.74, 6) is 0. The predicted molar refractivity (Wildman–Crippen MR) is 61.8 cm³/mol. The summed E-state index contributed by atoms with van der Waals surface area (Å²) in [5.41, 5.74) is 1.17. The maximum Gasteiger partial charge on any atom is 0.0888 e. The summed E-state index contributed by atoms with van der Waals surface area (Å²) in [4.78, 5) is 0. The summed E-state index contributed by atoms with van der Waals surface area (Å²) in [5, 5.41) is 4.33. The van der Waals surface area contributed by atoms with Crippen LogP contribution in [0, 0.1) is 0 Å². The van der Waals surface area contributed by atoms with Gasteiger partial charge in [-0.2, -0.15) is 5.10 Å². The maximum atomic E-state index is 5.71. The molecule has 0 saturated carbocycles. The second-order valence-corrected chi connectivity index (χ2v) is 4.05. The van der Waals surface area contributed by atoms with Crippen LogP contribution in [0.25, 0.3) is 0 Å². The molecule has 0 N–H and O–H groups in total. The van der Waals surface area contributed by atoms with E-state index in [2.05, 4.69) is 37.5 Å². The molecule has 86 valence electrons. The zero-order valence-corrected chi connectivity index (χ0v) is 10.2. The number of hydrogen-bond acceptors (Lipinski definition) is 2. The average molecular weight is 210 g/mol. The molecule has 0 amide bonds. The molecule has 1 heterocycles. The second kappa shape index (κ2) is 5.91. The number of rotatable bonds is 6. The molecule has 0 aliphatic rings. The van der Waals surface area contributed by atoms with Crippen LogP contribution in [0.4, 0.5) is 0 Å². The predicted octanol–water partition coefficient (Wildman–Crippen LogP) is 3.17. The standard InChI is InChI=1S/C12H22N2O/c1-5-10(3)14-12(7-8-13-14)9-15-11(4)6-2/h7-8,10-11H,5-6,9H2,1-4H3/t10-,11+/m1/s1. The highest BCUT2D eigenvalue weighted by atomic mass is 16.5. The van der Waals surface area contributed by atoms with Gasteiger partial charge < -0.3 is 4.74 Å². The van der Waals surface area contributed by atoms with Crippen molar-refractivity contribution in [1.82, 2.24) is 9.78 Å². The molecule has 3 heteroatoms. The molecule has 0 bridgehead atoms. The van der Waals surface area contributed by atoms with E-state index in [-0.39, 0.29) is 0 Å². The average Bonchev–Trinajstić information content (AvgIpc) is 2.72. The second-order valence-electron chi connectivity index (χ2n) is 4.05. The quantitative estimate of drug-likeness (QED) is 0.721. The summed E-state index contributed by atoms with van der Waals surface area (Å²) >= 11 is 0. The fourth-order valence-corrected chi connectivity index (χ4v) is 1.37. The van der Waals surface area contributed by atoms with E-state index >= 15 is 0 Å². The van der Waals surface area contributed by atoms with Crippen molar-refractivity contribution in [3.05, 3.63) is 18.0 Å². The van der Waals surface area contributed by atoms with Gasteiger partial charge >= 0.3 is 0 Å². The van der Waals surface area contributed by atoms with Gasteiger partial charge in [0, 0.05) is 12.2 Å². The number of aromatic nitrogens is 2. The van der Waals surface area contributed by atoms with E-state index < -0.39 is 0 Å². The molecular formula is C12H22N2O. The Labute approximate surface area is 92.4 Å². The van der Waals surface area contributed by atoms with Crippen molar-refractivity contribution < 1.29 is 4.74 Å². The molecule has 1 aromatic heterocycles. The van der Waals surface area contributed by atoms with Crippen molar-refractivity contribution in [1.29, 1.82) is 0 Å². The first kappa shape index (κ1) is 12.2. The van der Waals surface area contributed by atoms with Gasteiger partial charge in [-0.25, -0.2) is 0 Å². The van der Waals surface area contributed by atoms with Crippen LogP contribution in [0.2, 0.25) is 0 Å². The lowest BCUT2D eigenvalue weighted by Gasteiger charge is -2.15. The molecule has 0 spiro atoms. The van der Waals surface area contributed by atoms with Crippen LogP contribution in [0.1, 0.15) is 52.3 Å². The van der Waals surface area contributed by atoms with Crippen LogP contribution in [0.3, 0.4) is 0 Å². The summed E-state index contributed by atoms with van der Waals surface area (Å²) in [6.07, 6.45) is 4.32. The molecule has 1 aromatic rings. The first-order chi connectivity index (χ1) is 7.19. The van der Waals surface area contributed by atoms with Crippen molar-refractivity contribution in [3.63, 3.8) is 0 Å². The topological polar surface area (TPSA) is 27.1 Å². The van der Waals surface area contributed by atoms with E-state index in [4.69, 9.17) is 4.74 Å². The highest BCUT2D eigenvalue weighted by molar-refractivity contribution is 5.00. The third-order valence-electron chi connectivity index (χ3n) is 2.85. The van der Waals surface area contributed by atoms with Gasteiger partial charge in [0.2, 0.25) is 0 Å². The fourth-order valence-electron chi connectivity index (χ4n) is 1.37. The Morgan fingerprint density at radius 1 is 1.33 bits per heavy atom. The molecular weight excluding hydrogens is 188 g/mol. The molecule has 15 heavy (non-hydrogen) atoms. The van der Waals surface area contributed by atoms with Gasteiger partial charge in [0.05, 0.1) is 18.4 Å². The molecule has 0 aliphatic carbocycles. The number of nitrogens with zero attached hydrogens (tertiary/aromatic N) is 2. The molecule has 0 aliphatic heterocycles. The minimum Gasteiger partial charge on any atom is -0.372 e. The van der Waals surface area contributed by atoms with Gasteiger partial charge in [0.15, 0.2) is 0 Å². The molecule has 2 atom stereocenters. The zero-order chi connectivity index (χ0) is 11.3. The largest absolute Gasteiger partial charge is 0.372 e. The maximum absolute atomic E-state index is 5.71. The van der Waals surface area contributed by atoms with Crippen LogP contribution in [0.15, 0.2) is 12.3 Å². The van der Waals surface area contributed by atoms with Crippen molar-refractivity contribution in [2.45, 2.75) is 59.3 Å². The van der Waals surface area contributed by atoms with Gasteiger partial charge in [0.25, 0.3) is 0 Å². The molecule has 1 rings (SSSR count). The smallest absolute Gasteiger partial charge is 0.0888 e.